The topological polar surface area (TPSA) is 62.1 Å². The lowest BCUT2D eigenvalue weighted by Gasteiger charge is -2.44. The van der Waals surface area contributed by atoms with Gasteiger partial charge in [-0.3, -0.25) is 9.69 Å². The molecular formula is C23H32N4O3. The van der Waals surface area contributed by atoms with Crippen molar-refractivity contribution in [1.29, 1.82) is 0 Å². The second-order valence-corrected chi connectivity index (χ2v) is 8.18. The monoisotopic (exact) mass is 412 g/mol. The molecule has 4 rings (SSSR count). The molecule has 0 aliphatic carbocycles. The van der Waals surface area contributed by atoms with Gasteiger partial charge in [-0.05, 0) is 50.5 Å². The molecule has 0 spiro atoms. The van der Waals surface area contributed by atoms with Crippen molar-refractivity contribution in [3.05, 3.63) is 41.3 Å². The number of hydrogen-bond donors (Lipinski definition) is 0. The van der Waals surface area contributed by atoms with E-state index >= 15 is 0 Å². The van der Waals surface area contributed by atoms with Gasteiger partial charge >= 0.3 is 0 Å². The highest BCUT2D eigenvalue weighted by atomic mass is 16.5. The Kier molecular flexibility index (Phi) is 6.27. The van der Waals surface area contributed by atoms with Gasteiger partial charge < -0.3 is 19.1 Å². The van der Waals surface area contributed by atoms with Crippen LogP contribution in [-0.2, 0) is 6.42 Å². The van der Waals surface area contributed by atoms with Crippen LogP contribution in [0.2, 0.25) is 0 Å². The van der Waals surface area contributed by atoms with Gasteiger partial charge in [0.25, 0.3) is 5.91 Å². The maximum absolute atomic E-state index is 13.2. The maximum atomic E-state index is 13.2. The Morgan fingerprint density at radius 1 is 1.17 bits per heavy atom. The first kappa shape index (κ1) is 20.7. The molecule has 3 heterocycles. The predicted molar refractivity (Wildman–Crippen MR) is 116 cm³/mol. The van der Waals surface area contributed by atoms with Gasteiger partial charge in [0, 0.05) is 51.0 Å². The number of rotatable bonds is 5. The number of carbonyl (C=O) groups excluding carboxylic acids is 1. The predicted octanol–water partition coefficient (Wildman–Crippen LogP) is 2.98. The maximum Gasteiger partial charge on any atom is 0.259 e. The average Bonchev–Trinajstić information content (AvgIpc) is 3.19. The van der Waals surface area contributed by atoms with E-state index in [1.54, 1.807) is 7.11 Å². The van der Waals surface area contributed by atoms with E-state index in [4.69, 9.17) is 9.26 Å². The van der Waals surface area contributed by atoms with Crippen LogP contribution < -0.4 is 9.64 Å². The Morgan fingerprint density at radius 2 is 1.90 bits per heavy atom. The van der Waals surface area contributed by atoms with Gasteiger partial charge in [0.1, 0.15) is 17.1 Å². The van der Waals surface area contributed by atoms with Crippen molar-refractivity contribution in [3.63, 3.8) is 0 Å². The Morgan fingerprint density at radius 3 is 2.57 bits per heavy atom. The van der Waals surface area contributed by atoms with Crippen LogP contribution in [0.15, 0.2) is 28.8 Å². The molecule has 162 valence electrons. The zero-order valence-electron chi connectivity index (χ0n) is 18.3. The molecule has 2 fully saturated rings. The molecule has 2 saturated heterocycles. The fourth-order valence-corrected chi connectivity index (χ4v) is 4.67. The van der Waals surface area contributed by atoms with Crippen molar-refractivity contribution in [3.8, 4) is 5.75 Å². The Bertz CT molecular complexity index is 856. The summed E-state index contributed by atoms with van der Waals surface area (Å²) in [4.78, 5) is 20.2. The van der Waals surface area contributed by atoms with Gasteiger partial charge in [-0.1, -0.05) is 12.1 Å². The van der Waals surface area contributed by atoms with Crippen LogP contribution >= 0.6 is 0 Å². The molecule has 1 aromatic heterocycles. The van der Waals surface area contributed by atoms with E-state index in [1.807, 2.05) is 30.9 Å². The number of anilines is 1. The largest absolute Gasteiger partial charge is 0.497 e. The summed E-state index contributed by atoms with van der Waals surface area (Å²) in [5, 5.41) is 4.06. The van der Waals surface area contributed by atoms with E-state index in [0.717, 1.165) is 63.6 Å². The first-order valence-corrected chi connectivity index (χ1v) is 11.0. The Labute approximate surface area is 178 Å². The Balaban J connectivity index is 1.36. The number of piperidine rings is 1. The van der Waals surface area contributed by atoms with E-state index in [1.165, 1.54) is 5.69 Å². The van der Waals surface area contributed by atoms with Crippen LogP contribution in [0.5, 0.6) is 5.75 Å². The summed E-state index contributed by atoms with van der Waals surface area (Å²) in [7, 11) is 1.69. The molecule has 0 unspecified atom stereocenters. The molecule has 0 radical (unpaired) electrons. The third kappa shape index (κ3) is 4.17. The van der Waals surface area contributed by atoms with Gasteiger partial charge in [-0.2, -0.15) is 0 Å². The molecular weight excluding hydrogens is 380 g/mol. The summed E-state index contributed by atoms with van der Waals surface area (Å²) in [5.74, 6) is 1.60. The summed E-state index contributed by atoms with van der Waals surface area (Å²) < 4.78 is 10.6. The molecule has 2 aromatic rings. The second kappa shape index (κ2) is 9.08. The van der Waals surface area contributed by atoms with Gasteiger partial charge in [0.05, 0.1) is 12.8 Å². The number of carbonyl (C=O) groups is 1. The molecule has 0 saturated carbocycles. The number of aromatic nitrogens is 1. The lowest BCUT2D eigenvalue weighted by molar-refractivity contribution is 0.0561. The van der Waals surface area contributed by atoms with Gasteiger partial charge in [0.2, 0.25) is 0 Å². The standard InChI is InChI=1S/C23H32N4O3/c1-4-21-22(17(2)30-24-21)23(28)27-11-5-6-19(16-27)26-14-12-25(13-15-26)18-7-9-20(29-3)10-8-18/h7-10,19H,4-6,11-16H2,1-3H3/t19-/m0/s1. The van der Waals surface area contributed by atoms with E-state index in [-0.39, 0.29) is 5.91 Å². The van der Waals surface area contributed by atoms with Crippen molar-refractivity contribution in [2.24, 2.45) is 0 Å². The normalized spacial score (nSPS) is 20.4. The van der Waals surface area contributed by atoms with E-state index in [0.29, 0.717) is 23.8 Å². The minimum Gasteiger partial charge on any atom is -0.497 e. The zero-order valence-corrected chi connectivity index (χ0v) is 18.3. The van der Waals surface area contributed by atoms with Crippen LogP contribution in [0.25, 0.3) is 0 Å². The van der Waals surface area contributed by atoms with Crippen LogP contribution in [0.4, 0.5) is 5.69 Å². The first-order chi connectivity index (χ1) is 14.6. The fourth-order valence-electron chi connectivity index (χ4n) is 4.67. The first-order valence-electron chi connectivity index (χ1n) is 11.0. The van der Waals surface area contributed by atoms with E-state index in [9.17, 15) is 4.79 Å². The number of ether oxygens (including phenoxy) is 1. The molecule has 0 N–H and O–H groups in total. The number of aryl methyl sites for hydroxylation is 2. The molecule has 2 aliphatic heterocycles. The highest BCUT2D eigenvalue weighted by Gasteiger charge is 2.32. The van der Waals surface area contributed by atoms with Crippen molar-refractivity contribution in [2.45, 2.75) is 39.2 Å². The van der Waals surface area contributed by atoms with Crippen LogP contribution in [0, 0.1) is 6.92 Å². The lowest BCUT2D eigenvalue weighted by Crippen LogP contribution is -2.56. The molecule has 1 amide bonds. The summed E-state index contributed by atoms with van der Waals surface area (Å²) in [5.41, 5.74) is 2.68. The van der Waals surface area contributed by atoms with Crippen molar-refractivity contribution < 1.29 is 14.1 Å². The smallest absolute Gasteiger partial charge is 0.259 e. The zero-order chi connectivity index (χ0) is 21.1. The molecule has 1 aromatic carbocycles. The van der Waals surface area contributed by atoms with Gasteiger partial charge in [-0.25, -0.2) is 0 Å². The molecule has 7 heteroatoms. The number of benzene rings is 1. The minimum atomic E-state index is 0.0761. The van der Waals surface area contributed by atoms with Crippen molar-refractivity contribution >= 4 is 11.6 Å². The molecule has 30 heavy (non-hydrogen) atoms. The number of nitrogens with zero attached hydrogens (tertiary/aromatic N) is 4. The molecule has 7 nitrogen and oxygen atoms in total. The van der Waals surface area contributed by atoms with E-state index in [2.05, 4.69) is 27.1 Å². The van der Waals surface area contributed by atoms with Crippen LogP contribution in [0.1, 0.15) is 41.6 Å². The second-order valence-electron chi connectivity index (χ2n) is 8.18. The third-order valence-corrected chi connectivity index (χ3v) is 6.43. The fraction of sp³-hybridized carbons (Fsp3) is 0.565. The molecule has 1 atom stereocenters. The van der Waals surface area contributed by atoms with Crippen LogP contribution in [0.3, 0.4) is 0 Å². The summed E-state index contributed by atoms with van der Waals surface area (Å²) in [6, 6.07) is 8.71. The van der Waals surface area contributed by atoms with Crippen molar-refractivity contribution in [2.75, 3.05) is 51.3 Å². The average molecular weight is 413 g/mol. The van der Waals surface area contributed by atoms with Gasteiger partial charge in [-0.15, -0.1) is 0 Å². The summed E-state index contributed by atoms with van der Waals surface area (Å²) in [6.07, 6.45) is 2.90. The quantitative estimate of drug-likeness (QED) is 0.752. The number of amides is 1. The molecule has 2 aliphatic rings. The highest BCUT2D eigenvalue weighted by molar-refractivity contribution is 5.96. The van der Waals surface area contributed by atoms with Crippen molar-refractivity contribution in [1.82, 2.24) is 15.0 Å². The highest BCUT2D eigenvalue weighted by Crippen LogP contribution is 2.25. The Hall–Kier alpha value is -2.54. The van der Waals surface area contributed by atoms with E-state index < -0.39 is 0 Å². The lowest BCUT2D eigenvalue weighted by atomic mass is 10.0. The SMILES string of the molecule is CCc1noc(C)c1C(=O)N1CCC[C@H](N2CCN(c3ccc(OC)cc3)CC2)C1. The summed E-state index contributed by atoms with van der Waals surface area (Å²) >= 11 is 0. The molecule has 0 bridgehead atoms. The number of piperazine rings is 1. The van der Waals surface area contributed by atoms with Gasteiger partial charge in [0.15, 0.2) is 0 Å². The number of hydrogen-bond acceptors (Lipinski definition) is 6. The third-order valence-electron chi connectivity index (χ3n) is 6.43. The summed E-state index contributed by atoms with van der Waals surface area (Å²) in [6.45, 7) is 9.48. The number of likely N-dealkylation sites (tertiary alicyclic amines) is 1. The number of methoxy groups -OCH3 is 1. The van der Waals surface area contributed by atoms with Crippen LogP contribution in [-0.4, -0.2) is 73.3 Å². The minimum absolute atomic E-state index is 0.0761.